The first kappa shape index (κ1) is 17.8. The molecule has 0 aliphatic heterocycles. The van der Waals surface area contributed by atoms with Crippen LogP contribution in [0.15, 0.2) is 18.2 Å². The van der Waals surface area contributed by atoms with Crippen LogP contribution in [0.1, 0.15) is 50.7 Å². The van der Waals surface area contributed by atoms with Gasteiger partial charge in [0.2, 0.25) is 0 Å². The molecule has 1 aromatic carbocycles. The van der Waals surface area contributed by atoms with Gasteiger partial charge in [0.05, 0.1) is 18.3 Å². The van der Waals surface area contributed by atoms with Crippen molar-refractivity contribution in [3.63, 3.8) is 0 Å². The predicted molar refractivity (Wildman–Crippen MR) is 91.5 cm³/mol. The summed E-state index contributed by atoms with van der Waals surface area (Å²) in [5, 5.41) is 15.9. The van der Waals surface area contributed by atoms with E-state index in [4.69, 9.17) is 4.74 Å². The summed E-state index contributed by atoms with van der Waals surface area (Å²) in [4.78, 5) is 12.1. The average Bonchev–Trinajstić information content (AvgIpc) is 2.93. The highest BCUT2D eigenvalue weighted by Crippen LogP contribution is 2.28. The Balaban J connectivity index is 1.91. The Morgan fingerprint density at radius 2 is 2.04 bits per heavy atom. The van der Waals surface area contributed by atoms with Crippen LogP contribution in [0.5, 0.6) is 0 Å². The molecule has 0 radical (unpaired) electrons. The highest BCUT2D eigenvalue weighted by molar-refractivity contribution is 5.90. The Hall–Kier alpha value is -1.59. The van der Waals surface area contributed by atoms with E-state index in [1.165, 1.54) is 0 Å². The molecule has 1 fully saturated rings. The Labute approximate surface area is 138 Å². The summed E-state index contributed by atoms with van der Waals surface area (Å²) in [5.74, 6) is 0. The molecule has 0 unspecified atom stereocenters. The molecule has 1 aliphatic carbocycles. The van der Waals surface area contributed by atoms with E-state index in [9.17, 15) is 9.90 Å². The number of nitrogens with one attached hydrogen (secondary N) is 2. The Morgan fingerprint density at radius 3 is 2.70 bits per heavy atom. The van der Waals surface area contributed by atoms with Gasteiger partial charge in [0, 0.05) is 12.2 Å². The highest BCUT2D eigenvalue weighted by atomic mass is 16.5. The highest BCUT2D eigenvalue weighted by Gasteiger charge is 2.31. The number of benzene rings is 1. The molecule has 2 rings (SSSR count). The van der Waals surface area contributed by atoms with E-state index < -0.39 is 5.60 Å². The number of carbonyl (C=O) groups excluding carboxylic acids is 1. The van der Waals surface area contributed by atoms with E-state index in [0.29, 0.717) is 13.2 Å². The van der Waals surface area contributed by atoms with Crippen LogP contribution < -0.4 is 10.6 Å². The number of hydrogen-bond acceptors (Lipinski definition) is 3. The monoisotopic (exact) mass is 320 g/mol. The molecule has 3 N–H and O–H groups in total. The molecular formula is C18H28N2O3. The number of anilines is 1. The van der Waals surface area contributed by atoms with E-state index >= 15 is 0 Å². The largest absolute Gasteiger partial charge is 0.388 e. The number of urea groups is 1. The molecule has 2 amide bonds. The fraction of sp³-hybridized carbons (Fsp3) is 0.611. The molecule has 128 valence electrons. The van der Waals surface area contributed by atoms with Crippen LogP contribution in [0.25, 0.3) is 0 Å². The van der Waals surface area contributed by atoms with Gasteiger partial charge in [0.15, 0.2) is 0 Å². The first-order chi connectivity index (χ1) is 10.9. The lowest BCUT2D eigenvalue weighted by molar-refractivity contribution is 0.0506. The zero-order valence-corrected chi connectivity index (χ0v) is 14.3. The minimum absolute atomic E-state index is 0.168. The van der Waals surface area contributed by atoms with E-state index in [2.05, 4.69) is 10.6 Å². The van der Waals surface area contributed by atoms with E-state index in [1.54, 1.807) is 0 Å². The van der Waals surface area contributed by atoms with Crippen molar-refractivity contribution >= 4 is 11.7 Å². The van der Waals surface area contributed by atoms with Crippen molar-refractivity contribution in [3.8, 4) is 0 Å². The minimum atomic E-state index is -0.737. The maximum absolute atomic E-state index is 12.1. The van der Waals surface area contributed by atoms with Crippen LogP contribution in [0.3, 0.4) is 0 Å². The molecule has 5 nitrogen and oxygen atoms in total. The summed E-state index contributed by atoms with van der Waals surface area (Å²) < 4.78 is 5.64. The second-order valence-electron chi connectivity index (χ2n) is 6.69. The molecule has 0 spiro atoms. The Morgan fingerprint density at radius 1 is 1.35 bits per heavy atom. The molecule has 1 aromatic rings. The van der Waals surface area contributed by atoms with Gasteiger partial charge in [-0.25, -0.2) is 4.79 Å². The molecule has 0 aromatic heterocycles. The fourth-order valence-electron chi connectivity index (χ4n) is 2.85. The first-order valence-electron chi connectivity index (χ1n) is 8.37. The summed E-state index contributed by atoms with van der Waals surface area (Å²) in [7, 11) is 0. The number of rotatable bonds is 6. The van der Waals surface area contributed by atoms with Crippen LogP contribution in [0.2, 0.25) is 0 Å². The van der Waals surface area contributed by atoms with Gasteiger partial charge in [-0.05, 0) is 50.8 Å². The molecule has 1 aliphatic rings. The quantitative estimate of drug-likeness (QED) is 0.753. The molecular weight excluding hydrogens is 292 g/mol. The van der Waals surface area contributed by atoms with Gasteiger partial charge >= 0.3 is 6.03 Å². The maximum atomic E-state index is 12.1. The number of aliphatic hydroxyl groups is 1. The van der Waals surface area contributed by atoms with Crippen LogP contribution in [-0.4, -0.2) is 29.4 Å². The fourth-order valence-corrected chi connectivity index (χ4v) is 2.85. The smallest absolute Gasteiger partial charge is 0.319 e. The summed E-state index contributed by atoms with van der Waals surface area (Å²) in [6.07, 6.45) is 3.73. The van der Waals surface area contributed by atoms with Crippen LogP contribution in [0, 0.1) is 6.92 Å². The summed E-state index contributed by atoms with van der Waals surface area (Å²) in [6, 6.07) is 5.50. The maximum Gasteiger partial charge on any atom is 0.319 e. The summed E-state index contributed by atoms with van der Waals surface area (Å²) >= 11 is 0. The predicted octanol–water partition coefficient (Wildman–Crippen LogP) is 3.35. The molecule has 0 atom stereocenters. The lowest BCUT2D eigenvalue weighted by Crippen LogP contribution is -2.42. The zero-order chi connectivity index (χ0) is 16.9. The molecule has 5 heteroatoms. The Bertz CT molecular complexity index is 537. The molecule has 23 heavy (non-hydrogen) atoms. The first-order valence-corrected chi connectivity index (χ1v) is 8.37. The van der Waals surface area contributed by atoms with E-state index in [0.717, 1.165) is 42.5 Å². The van der Waals surface area contributed by atoms with Gasteiger partial charge in [-0.1, -0.05) is 25.0 Å². The van der Waals surface area contributed by atoms with Crippen molar-refractivity contribution in [2.45, 2.75) is 64.8 Å². The SMILES string of the molecule is Cc1c(COC(C)C)cccc1NC(=O)NCC1(O)CCCC1. The lowest BCUT2D eigenvalue weighted by Gasteiger charge is -2.22. The van der Waals surface area contributed by atoms with Gasteiger partial charge in [0.1, 0.15) is 0 Å². The second kappa shape index (κ2) is 7.79. The van der Waals surface area contributed by atoms with E-state index in [1.807, 2.05) is 39.0 Å². The number of carbonyl (C=O) groups is 1. The van der Waals surface area contributed by atoms with Gasteiger partial charge in [-0.15, -0.1) is 0 Å². The van der Waals surface area contributed by atoms with Gasteiger partial charge in [-0.2, -0.15) is 0 Å². The van der Waals surface area contributed by atoms with Gasteiger partial charge in [0.25, 0.3) is 0 Å². The van der Waals surface area contributed by atoms with Crippen LogP contribution in [0.4, 0.5) is 10.5 Å². The molecule has 1 saturated carbocycles. The van der Waals surface area contributed by atoms with Crippen molar-refractivity contribution in [2.24, 2.45) is 0 Å². The molecule has 0 bridgehead atoms. The number of hydrogen-bond donors (Lipinski definition) is 3. The van der Waals surface area contributed by atoms with Gasteiger partial charge in [-0.3, -0.25) is 0 Å². The normalized spacial score (nSPS) is 16.6. The van der Waals surface area contributed by atoms with Crippen molar-refractivity contribution in [2.75, 3.05) is 11.9 Å². The van der Waals surface area contributed by atoms with Crippen molar-refractivity contribution in [3.05, 3.63) is 29.3 Å². The third-order valence-corrected chi connectivity index (χ3v) is 4.38. The minimum Gasteiger partial charge on any atom is -0.388 e. The average molecular weight is 320 g/mol. The standard InChI is InChI=1S/C18H28N2O3/c1-13(2)23-11-15-7-6-8-16(14(15)3)20-17(21)19-12-18(22)9-4-5-10-18/h6-8,13,22H,4-5,9-12H2,1-3H3,(H2,19,20,21). The number of ether oxygens (including phenoxy) is 1. The Kier molecular flexibility index (Phi) is 6.02. The van der Waals surface area contributed by atoms with Crippen molar-refractivity contribution in [1.29, 1.82) is 0 Å². The summed E-state index contributed by atoms with van der Waals surface area (Å²) in [5.41, 5.74) is 2.10. The summed E-state index contributed by atoms with van der Waals surface area (Å²) in [6.45, 7) is 6.80. The topological polar surface area (TPSA) is 70.6 Å². The number of amides is 2. The zero-order valence-electron chi connectivity index (χ0n) is 14.3. The van der Waals surface area contributed by atoms with Crippen LogP contribution in [-0.2, 0) is 11.3 Å². The van der Waals surface area contributed by atoms with Crippen molar-refractivity contribution in [1.82, 2.24) is 5.32 Å². The van der Waals surface area contributed by atoms with Crippen LogP contribution >= 0.6 is 0 Å². The molecule has 0 heterocycles. The third-order valence-electron chi connectivity index (χ3n) is 4.38. The second-order valence-corrected chi connectivity index (χ2v) is 6.69. The van der Waals surface area contributed by atoms with E-state index in [-0.39, 0.29) is 12.1 Å². The lowest BCUT2D eigenvalue weighted by atomic mass is 10.0. The van der Waals surface area contributed by atoms with Crippen molar-refractivity contribution < 1.29 is 14.6 Å². The third kappa shape index (κ3) is 5.22. The van der Waals surface area contributed by atoms with Gasteiger partial charge < -0.3 is 20.5 Å². The molecule has 0 saturated heterocycles.